The van der Waals surface area contributed by atoms with Crippen molar-refractivity contribution in [1.82, 2.24) is 10.7 Å². The van der Waals surface area contributed by atoms with E-state index in [4.69, 9.17) is 23.2 Å². The molecule has 0 saturated carbocycles. The molecule has 5 nitrogen and oxygen atoms in total. The van der Waals surface area contributed by atoms with E-state index in [-0.39, 0.29) is 6.04 Å². The quantitative estimate of drug-likeness (QED) is 0.496. The summed E-state index contributed by atoms with van der Waals surface area (Å²) < 4.78 is 0. The minimum absolute atomic E-state index is 0.292. The van der Waals surface area contributed by atoms with Crippen molar-refractivity contribution in [2.24, 2.45) is 5.10 Å². The molecule has 2 rings (SSSR count). The Balaban J connectivity index is 1.90. The Morgan fingerprint density at radius 3 is 2.46 bits per heavy atom. The average molecular weight is 364 g/mol. The summed E-state index contributed by atoms with van der Waals surface area (Å²) in [5.74, 6) is -1.63. The zero-order chi connectivity index (χ0) is 17.5. The van der Waals surface area contributed by atoms with E-state index in [1.165, 1.54) is 6.21 Å². The van der Waals surface area contributed by atoms with Crippen LogP contribution in [0.1, 0.15) is 24.1 Å². The zero-order valence-corrected chi connectivity index (χ0v) is 14.3. The van der Waals surface area contributed by atoms with Crippen LogP contribution in [-0.4, -0.2) is 18.0 Å². The molecule has 24 heavy (non-hydrogen) atoms. The van der Waals surface area contributed by atoms with Gasteiger partial charge in [0.05, 0.1) is 17.3 Å². The molecule has 0 aliphatic heterocycles. The van der Waals surface area contributed by atoms with Crippen LogP contribution in [0.3, 0.4) is 0 Å². The van der Waals surface area contributed by atoms with Crippen molar-refractivity contribution < 1.29 is 9.59 Å². The van der Waals surface area contributed by atoms with Crippen molar-refractivity contribution in [1.29, 1.82) is 0 Å². The van der Waals surface area contributed by atoms with Gasteiger partial charge < -0.3 is 5.32 Å². The third-order valence-electron chi connectivity index (χ3n) is 3.19. The second kappa shape index (κ2) is 8.47. The Hall–Kier alpha value is -2.37. The van der Waals surface area contributed by atoms with Crippen LogP contribution in [0, 0.1) is 0 Å². The number of halogens is 2. The third-order valence-corrected chi connectivity index (χ3v) is 3.75. The molecular weight excluding hydrogens is 349 g/mol. The topological polar surface area (TPSA) is 70.6 Å². The van der Waals surface area contributed by atoms with Crippen LogP contribution in [0.25, 0.3) is 0 Å². The second-order valence-corrected chi connectivity index (χ2v) is 5.81. The van der Waals surface area contributed by atoms with Crippen LogP contribution < -0.4 is 10.7 Å². The number of amides is 2. The normalized spacial score (nSPS) is 12.0. The van der Waals surface area contributed by atoms with Crippen LogP contribution in [0.15, 0.2) is 53.6 Å². The minimum atomic E-state index is -0.862. The summed E-state index contributed by atoms with van der Waals surface area (Å²) in [6.45, 7) is 1.79. The Morgan fingerprint density at radius 2 is 1.79 bits per heavy atom. The standard InChI is InChI=1S/C17H15Cl2N3O2/c1-11(12-5-3-2-4-6-12)21-16(23)17(24)22-20-10-13-7-8-14(18)9-15(13)19/h2-11H,1H3,(H,21,23)(H,22,24)/b20-10-/t11-/m1/s1. The molecule has 2 aromatic rings. The molecule has 0 spiro atoms. The Bertz CT molecular complexity index is 764. The first-order valence-corrected chi connectivity index (χ1v) is 7.87. The van der Waals surface area contributed by atoms with E-state index in [1.54, 1.807) is 25.1 Å². The van der Waals surface area contributed by atoms with Gasteiger partial charge >= 0.3 is 11.8 Å². The fourth-order valence-corrected chi connectivity index (χ4v) is 2.36. The summed E-state index contributed by atoms with van der Waals surface area (Å²) >= 11 is 11.8. The summed E-state index contributed by atoms with van der Waals surface area (Å²) in [7, 11) is 0. The van der Waals surface area contributed by atoms with E-state index in [0.29, 0.717) is 15.6 Å². The fraction of sp³-hybridized carbons (Fsp3) is 0.118. The monoisotopic (exact) mass is 363 g/mol. The molecule has 1 atom stereocenters. The van der Waals surface area contributed by atoms with Crippen molar-refractivity contribution in [3.8, 4) is 0 Å². The van der Waals surface area contributed by atoms with Crippen LogP contribution >= 0.6 is 23.2 Å². The Labute approximate surface area is 149 Å². The molecule has 2 aromatic carbocycles. The molecule has 0 aliphatic rings. The van der Waals surface area contributed by atoms with E-state index in [1.807, 2.05) is 30.3 Å². The number of benzene rings is 2. The maximum atomic E-state index is 11.8. The molecule has 7 heteroatoms. The molecule has 0 unspecified atom stereocenters. The van der Waals surface area contributed by atoms with Crippen molar-refractivity contribution >= 4 is 41.2 Å². The lowest BCUT2D eigenvalue weighted by atomic mass is 10.1. The molecule has 0 fully saturated rings. The van der Waals surface area contributed by atoms with E-state index in [0.717, 1.165) is 5.56 Å². The molecular formula is C17H15Cl2N3O2. The van der Waals surface area contributed by atoms with Gasteiger partial charge in [-0.25, -0.2) is 5.43 Å². The molecule has 0 heterocycles. The average Bonchev–Trinajstić information content (AvgIpc) is 2.57. The lowest BCUT2D eigenvalue weighted by molar-refractivity contribution is -0.139. The van der Waals surface area contributed by atoms with E-state index in [2.05, 4.69) is 15.8 Å². The van der Waals surface area contributed by atoms with Gasteiger partial charge in [0.25, 0.3) is 0 Å². The first-order chi connectivity index (χ1) is 11.5. The molecule has 0 bridgehead atoms. The number of hydrogen-bond donors (Lipinski definition) is 2. The van der Waals surface area contributed by atoms with Gasteiger partial charge in [-0.3, -0.25) is 9.59 Å². The molecule has 0 aromatic heterocycles. The molecule has 2 amide bonds. The van der Waals surface area contributed by atoms with Crippen molar-refractivity contribution in [3.05, 3.63) is 69.7 Å². The Morgan fingerprint density at radius 1 is 1.08 bits per heavy atom. The van der Waals surface area contributed by atoms with Crippen LogP contribution in [0.4, 0.5) is 0 Å². The molecule has 0 aliphatic carbocycles. The van der Waals surface area contributed by atoms with Gasteiger partial charge in [0.1, 0.15) is 0 Å². The number of carbonyl (C=O) groups excluding carboxylic acids is 2. The van der Waals surface area contributed by atoms with Gasteiger partial charge in [-0.15, -0.1) is 0 Å². The highest BCUT2D eigenvalue weighted by Gasteiger charge is 2.16. The summed E-state index contributed by atoms with van der Waals surface area (Å²) in [6.07, 6.45) is 1.34. The van der Waals surface area contributed by atoms with Crippen molar-refractivity contribution in [3.63, 3.8) is 0 Å². The van der Waals surface area contributed by atoms with Crippen LogP contribution in [0.5, 0.6) is 0 Å². The highest BCUT2D eigenvalue weighted by molar-refractivity contribution is 6.36. The lowest BCUT2D eigenvalue weighted by Gasteiger charge is -2.13. The summed E-state index contributed by atoms with van der Waals surface area (Å²) in [5, 5.41) is 7.20. The zero-order valence-electron chi connectivity index (χ0n) is 12.8. The van der Waals surface area contributed by atoms with E-state index < -0.39 is 11.8 Å². The van der Waals surface area contributed by atoms with Gasteiger partial charge in [0.2, 0.25) is 0 Å². The van der Waals surface area contributed by atoms with Gasteiger partial charge in [-0.05, 0) is 24.6 Å². The number of carbonyl (C=O) groups is 2. The van der Waals surface area contributed by atoms with Gasteiger partial charge in [-0.2, -0.15) is 5.10 Å². The van der Waals surface area contributed by atoms with Gasteiger partial charge in [-0.1, -0.05) is 59.6 Å². The first-order valence-electron chi connectivity index (χ1n) is 7.11. The summed E-state index contributed by atoms with van der Waals surface area (Å²) in [6, 6.07) is 13.9. The maximum Gasteiger partial charge on any atom is 0.329 e. The lowest BCUT2D eigenvalue weighted by Crippen LogP contribution is -2.39. The third kappa shape index (κ3) is 5.08. The first kappa shape index (κ1) is 18.0. The van der Waals surface area contributed by atoms with E-state index >= 15 is 0 Å². The number of nitrogens with one attached hydrogen (secondary N) is 2. The van der Waals surface area contributed by atoms with Crippen molar-refractivity contribution in [2.75, 3.05) is 0 Å². The fourth-order valence-electron chi connectivity index (χ4n) is 1.90. The van der Waals surface area contributed by atoms with E-state index in [9.17, 15) is 9.59 Å². The second-order valence-electron chi connectivity index (χ2n) is 4.97. The Kier molecular flexibility index (Phi) is 6.35. The molecule has 124 valence electrons. The van der Waals surface area contributed by atoms with Crippen LogP contribution in [0.2, 0.25) is 10.0 Å². The summed E-state index contributed by atoms with van der Waals surface area (Å²) in [5.41, 5.74) is 3.62. The molecule has 0 saturated heterocycles. The SMILES string of the molecule is C[C@@H](NC(=O)C(=O)N/N=C\c1ccc(Cl)cc1Cl)c1ccccc1. The maximum absolute atomic E-state index is 11.8. The number of rotatable bonds is 4. The number of nitrogens with zero attached hydrogens (tertiary/aromatic N) is 1. The largest absolute Gasteiger partial charge is 0.341 e. The van der Waals surface area contributed by atoms with Crippen LogP contribution in [-0.2, 0) is 9.59 Å². The number of hydrazone groups is 1. The predicted octanol–water partition coefficient (Wildman–Crippen LogP) is 3.32. The van der Waals surface area contributed by atoms with Gasteiger partial charge in [0.15, 0.2) is 0 Å². The predicted molar refractivity (Wildman–Crippen MR) is 95.2 cm³/mol. The highest BCUT2D eigenvalue weighted by atomic mass is 35.5. The van der Waals surface area contributed by atoms with Gasteiger partial charge in [0, 0.05) is 10.6 Å². The van der Waals surface area contributed by atoms with Crippen molar-refractivity contribution in [2.45, 2.75) is 13.0 Å². The smallest absolute Gasteiger partial charge is 0.329 e. The summed E-state index contributed by atoms with van der Waals surface area (Å²) in [4.78, 5) is 23.6. The molecule has 2 N–H and O–H groups in total. The highest BCUT2D eigenvalue weighted by Crippen LogP contribution is 2.19. The number of hydrogen-bond acceptors (Lipinski definition) is 3. The minimum Gasteiger partial charge on any atom is -0.341 e. The molecule has 0 radical (unpaired) electrons.